The maximum absolute atomic E-state index is 12.9. The molecule has 176 valence electrons. The first-order chi connectivity index (χ1) is 15.0. The molecule has 0 aromatic carbocycles. The van der Waals surface area contributed by atoms with E-state index in [0.29, 0.717) is 12.3 Å². The topological polar surface area (TPSA) is 83.7 Å². The number of aromatic nitrogens is 2. The number of nitrogens with zero attached hydrogens (tertiary/aromatic N) is 3. The maximum atomic E-state index is 12.9. The monoisotopic (exact) mass is 483 g/mol. The van der Waals surface area contributed by atoms with Crippen molar-refractivity contribution in [2.45, 2.75) is 31.4 Å². The lowest BCUT2D eigenvalue weighted by atomic mass is 9.93. The van der Waals surface area contributed by atoms with Crippen molar-refractivity contribution in [1.82, 2.24) is 9.97 Å². The molecule has 33 heavy (non-hydrogen) atoms. The fourth-order valence-corrected chi connectivity index (χ4v) is 2.56. The second kappa shape index (κ2) is 9.16. The van der Waals surface area contributed by atoms with Crippen molar-refractivity contribution in [2.24, 2.45) is 5.92 Å². The van der Waals surface area contributed by atoms with E-state index in [0.717, 1.165) is 6.07 Å². The van der Waals surface area contributed by atoms with Crippen LogP contribution in [0.3, 0.4) is 0 Å². The molecule has 2 aromatic rings. The van der Waals surface area contributed by atoms with Crippen LogP contribution in [0, 0.1) is 17.2 Å². The Labute approximate surface area is 178 Å². The minimum absolute atomic E-state index is 0.0909. The lowest BCUT2D eigenvalue weighted by molar-refractivity contribution is -0.150. The molecule has 0 amide bonds. The van der Waals surface area contributed by atoms with Gasteiger partial charge in [-0.1, -0.05) is 0 Å². The van der Waals surface area contributed by atoms with Crippen LogP contribution in [-0.4, -0.2) is 21.5 Å². The number of Topliss-reactive ketones (excluding diaryl/α,β-unsaturated/α-hetero) is 2. The summed E-state index contributed by atoms with van der Waals surface area (Å²) in [5, 5.41) is 9.14. The molecule has 0 fully saturated rings. The number of pyridine rings is 2. The van der Waals surface area contributed by atoms with Gasteiger partial charge in [0.25, 0.3) is 0 Å². The molecule has 0 saturated carbocycles. The Morgan fingerprint density at radius 1 is 0.788 bits per heavy atom. The first-order valence-electron chi connectivity index (χ1n) is 8.68. The fourth-order valence-electron chi connectivity index (χ4n) is 2.56. The van der Waals surface area contributed by atoms with Gasteiger partial charge in [0.2, 0.25) is 0 Å². The summed E-state index contributed by atoms with van der Waals surface area (Å²) in [7, 11) is 0. The summed E-state index contributed by atoms with van der Waals surface area (Å²) < 4.78 is 115. The van der Waals surface area contributed by atoms with E-state index < -0.39 is 71.5 Å². The zero-order chi connectivity index (χ0) is 25.2. The summed E-state index contributed by atoms with van der Waals surface area (Å²) >= 11 is 0. The summed E-state index contributed by atoms with van der Waals surface area (Å²) in [5.41, 5.74) is -6.58. The first kappa shape index (κ1) is 25.8. The van der Waals surface area contributed by atoms with E-state index in [1.54, 1.807) is 0 Å². The number of carbonyl (C=O) groups is 2. The molecule has 1 atom stereocenters. The van der Waals surface area contributed by atoms with E-state index in [-0.39, 0.29) is 17.7 Å². The second-order valence-corrected chi connectivity index (χ2v) is 6.63. The van der Waals surface area contributed by atoms with Crippen molar-refractivity contribution in [3.63, 3.8) is 0 Å². The largest absolute Gasteiger partial charge is 0.433 e. The third-order valence-corrected chi connectivity index (χ3v) is 4.15. The number of hydrogen-bond acceptors (Lipinski definition) is 5. The molecule has 0 spiro atoms. The molecule has 5 nitrogen and oxygen atoms in total. The zero-order valence-electron chi connectivity index (χ0n) is 15.9. The Hall–Kier alpha value is -3.50. The van der Waals surface area contributed by atoms with Crippen LogP contribution in [0.15, 0.2) is 30.5 Å². The average Bonchev–Trinajstić information content (AvgIpc) is 2.70. The van der Waals surface area contributed by atoms with Gasteiger partial charge in [0.15, 0.2) is 11.6 Å². The highest BCUT2D eigenvalue weighted by molar-refractivity contribution is 5.99. The number of hydrogen-bond donors (Lipinski definition) is 0. The molecule has 0 radical (unpaired) electrons. The van der Waals surface area contributed by atoms with Crippen LogP contribution in [0.25, 0.3) is 0 Å². The summed E-state index contributed by atoms with van der Waals surface area (Å²) in [6, 6.07) is 3.00. The maximum Gasteiger partial charge on any atom is 0.433 e. The van der Waals surface area contributed by atoms with Gasteiger partial charge in [-0.2, -0.15) is 44.8 Å². The van der Waals surface area contributed by atoms with Gasteiger partial charge in [-0.15, -0.1) is 0 Å². The summed E-state index contributed by atoms with van der Waals surface area (Å²) in [4.78, 5) is 30.0. The van der Waals surface area contributed by atoms with E-state index in [2.05, 4.69) is 9.97 Å². The van der Waals surface area contributed by atoms with Crippen LogP contribution in [0.1, 0.15) is 50.6 Å². The zero-order valence-corrected chi connectivity index (χ0v) is 15.9. The van der Waals surface area contributed by atoms with Crippen LogP contribution >= 0.6 is 0 Å². The van der Waals surface area contributed by atoms with E-state index in [1.165, 1.54) is 6.07 Å². The molecule has 0 N–H and O–H groups in total. The van der Waals surface area contributed by atoms with Crippen LogP contribution in [0.4, 0.5) is 39.5 Å². The van der Waals surface area contributed by atoms with Crippen LogP contribution in [-0.2, 0) is 18.5 Å². The number of rotatable bonds is 6. The minimum Gasteiger partial charge on any atom is -0.294 e. The van der Waals surface area contributed by atoms with Gasteiger partial charge in [-0.3, -0.25) is 14.6 Å². The third kappa shape index (κ3) is 6.74. The van der Waals surface area contributed by atoms with Crippen LogP contribution < -0.4 is 0 Å². The van der Waals surface area contributed by atoms with Crippen molar-refractivity contribution < 1.29 is 49.1 Å². The Morgan fingerprint density at radius 3 is 1.61 bits per heavy atom. The first-order valence-corrected chi connectivity index (χ1v) is 8.68. The lowest BCUT2D eigenvalue weighted by Crippen LogP contribution is -2.18. The van der Waals surface area contributed by atoms with E-state index in [4.69, 9.17) is 5.26 Å². The van der Waals surface area contributed by atoms with Gasteiger partial charge < -0.3 is 0 Å². The van der Waals surface area contributed by atoms with Gasteiger partial charge >= 0.3 is 18.5 Å². The summed E-state index contributed by atoms with van der Waals surface area (Å²) in [6.07, 6.45) is -16.4. The highest BCUT2D eigenvalue weighted by Crippen LogP contribution is 2.34. The van der Waals surface area contributed by atoms with Gasteiger partial charge in [-0.25, -0.2) is 4.98 Å². The van der Waals surface area contributed by atoms with Gasteiger partial charge in [-0.05, 0) is 24.3 Å². The normalized spacial score (nSPS) is 13.3. The highest BCUT2D eigenvalue weighted by atomic mass is 19.4. The Bertz CT molecular complexity index is 1050. The molecule has 0 aliphatic heterocycles. The number of ketones is 2. The molecule has 0 aliphatic carbocycles. The molecule has 0 bridgehead atoms. The van der Waals surface area contributed by atoms with Gasteiger partial charge in [0.1, 0.15) is 17.1 Å². The van der Waals surface area contributed by atoms with Crippen LogP contribution in [0.2, 0.25) is 0 Å². The molecule has 14 heteroatoms. The quantitative estimate of drug-likeness (QED) is 0.399. The molecule has 0 saturated heterocycles. The molecule has 2 aromatic heterocycles. The van der Waals surface area contributed by atoms with Gasteiger partial charge in [0.05, 0.1) is 12.0 Å². The lowest BCUT2D eigenvalue weighted by Gasteiger charge is -2.13. The predicted octanol–water partition coefficient (Wildman–Crippen LogP) is 5.52. The number of halogens is 9. The van der Waals surface area contributed by atoms with E-state index in [9.17, 15) is 49.1 Å². The van der Waals surface area contributed by atoms with Crippen molar-refractivity contribution in [1.29, 1.82) is 5.26 Å². The summed E-state index contributed by atoms with van der Waals surface area (Å²) in [5.74, 6) is -3.68. The number of nitriles is 1. The standard InChI is InChI=1S/C19H10F9N3O2/c20-17(21,22)14-2-1-10(8-30-14)12(32)3-9(7-29)4-13(33)11-5-15(18(23,24)25)31-16(6-11)19(26,27)28/h1-2,5-6,8-9H,3-4H2. The molecule has 2 rings (SSSR count). The Kier molecular flexibility index (Phi) is 7.15. The summed E-state index contributed by atoms with van der Waals surface area (Å²) in [6.45, 7) is 0. The van der Waals surface area contributed by atoms with Crippen molar-refractivity contribution in [2.75, 3.05) is 0 Å². The number of carbonyl (C=O) groups excluding carboxylic acids is 2. The predicted molar refractivity (Wildman–Crippen MR) is 90.5 cm³/mol. The smallest absolute Gasteiger partial charge is 0.294 e. The molecule has 1 unspecified atom stereocenters. The molecular weight excluding hydrogens is 473 g/mol. The van der Waals surface area contributed by atoms with Gasteiger partial charge in [0, 0.05) is 30.2 Å². The van der Waals surface area contributed by atoms with E-state index in [1.807, 2.05) is 0 Å². The fraction of sp³-hybridized carbons (Fsp3) is 0.316. The minimum atomic E-state index is -5.30. The van der Waals surface area contributed by atoms with E-state index >= 15 is 0 Å². The molecule has 2 heterocycles. The third-order valence-electron chi connectivity index (χ3n) is 4.15. The Morgan fingerprint density at radius 2 is 1.24 bits per heavy atom. The SMILES string of the molecule is N#CC(CC(=O)c1ccc(C(F)(F)F)nc1)CC(=O)c1cc(C(F)(F)F)nc(C(F)(F)F)c1. The van der Waals surface area contributed by atoms with Crippen molar-refractivity contribution in [3.8, 4) is 6.07 Å². The Balaban J connectivity index is 2.22. The average molecular weight is 483 g/mol. The van der Waals surface area contributed by atoms with Crippen molar-refractivity contribution in [3.05, 3.63) is 58.7 Å². The molecular formula is C19H10F9N3O2. The molecule has 0 aliphatic rings. The number of alkyl halides is 9. The van der Waals surface area contributed by atoms with Crippen molar-refractivity contribution >= 4 is 11.6 Å². The highest BCUT2D eigenvalue weighted by Gasteiger charge is 2.39. The second-order valence-electron chi connectivity index (χ2n) is 6.63. The van der Waals surface area contributed by atoms with Crippen LogP contribution in [0.5, 0.6) is 0 Å².